The SMILES string of the molecule is CC(C)(C)OC(=O)N1CCC2(CC1)N=C(c1ccc(C(C)(C)C)cc1)C(=O)N2. The van der Waals surface area contributed by atoms with Crippen LogP contribution in [0.1, 0.15) is 65.5 Å². The fraction of sp³-hybridized carbons (Fsp3) is 0.591. The largest absolute Gasteiger partial charge is 0.444 e. The number of carbonyl (C=O) groups excluding carboxylic acids is 2. The van der Waals surface area contributed by atoms with Gasteiger partial charge >= 0.3 is 6.09 Å². The molecule has 1 aromatic carbocycles. The van der Waals surface area contributed by atoms with Crippen LogP contribution in [0.25, 0.3) is 0 Å². The van der Waals surface area contributed by atoms with Gasteiger partial charge in [-0.3, -0.25) is 9.79 Å². The van der Waals surface area contributed by atoms with Gasteiger partial charge in [-0.1, -0.05) is 45.0 Å². The first-order chi connectivity index (χ1) is 12.9. The van der Waals surface area contributed by atoms with Gasteiger partial charge in [0.1, 0.15) is 17.0 Å². The fourth-order valence-electron chi connectivity index (χ4n) is 3.51. The summed E-state index contributed by atoms with van der Waals surface area (Å²) in [4.78, 5) is 31.3. The van der Waals surface area contributed by atoms with Crippen LogP contribution >= 0.6 is 0 Å². The zero-order valence-electron chi connectivity index (χ0n) is 17.8. The summed E-state index contributed by atoms with van der Waals surface area (Å²) < 4.78 is 5.44. The van der Waals surface area contributed by atoms with Crippen molar-refractivity contribution < 1.29 is 14.3 Å². The van der Waals surface area contributed by atoms with Crippen LogP contribution in [0.4, 0.5) is 4.79 Å². The van der Waals surface area contributed by atoms with Crippen molar-refractivity contribution in [2.45, 2.75) is 71.1 Å². The van der Waals surface area contributed by atoms with Gasteiger partial charge in [0.15, 0.2) is 0 Å². The second-order valence-corrected chi connectivity index (χ2v) is 9.74. The minimum Gasteiger partial charge on any atom is -0.444 e. The molecular formula is C22H31N3O3. The molecule has 2 aliphatic heterocycles. The molecule has 0 aliphatic carbocycles. The predicted molar refractivity (Wildman–Crippen MR) is 110 cm³/mol. The molecule has 0 atom stereocenters. The van der Waals surface area contributed by atoms with E-state index in [1.165, 1.54) is 5.56 Å². The Bertz CT molecular complexity index is 790. The van der Waals surface area contributed by atoms with Gasteiger partial charge in [0, 0.05) is 31.5 Å². The molecule has 0 radical (unpaired) electrons. The van der Waals surface area contributed by atoms with E-state index < -0.39 is 11.3 Å². The number of piperidine rings is 1. The Morgan fingerprint density at radius 1 is 1.07 bits per heavy atom. The monoisotopic (exact) mass is 385 g/mol. The van der Waals surface area contributed by atoms with E-state index in [2.05, 4.69) is 38.2 Å². The minimum atomic E-state index is -0.617. The van der Waals surface area contributed by atoms with Crippen molar-refractivity contribution in [1.29, 1.82) is 0 Å². The third kappa shape index (κ3) is 4.37. The van der Waals surface area contributed by atoms with Crippen LogP contribution in [0.15, 0.2) is 29.3 Å². The maximum Gasteiger partial charge on any atom is 0.410 e. The molecule has 2 heterocycles. The van der Waals surface area contributed by atoms with E-state index in [0.717, 1.165) is 5.56 Å². The highest BCUT2D eigenvalue weighted by Crippen LogP contribution is 2.30. The van der Waals surface area contributed by atoms with Crippen molar-refractivity contribution in [2.75, 3.05) is 13.1 Å². The van der Waals surface area contributed by atoms with Crippen LogP contribution in [-0.2, 0) is 14.9 Å². The summed E-state index contributed by atoms with van der Waals surface area (Å²) in [6.45, 7) is 13.1. The number of amides is 2. The third-order valence-electron chi connectivity index (χ3n) is 5.15. The quantitative estimate of drug-likeness (QED) is 0.802. The number of aliphatic imine (C=N–C) groups is 1. The molecule has 1 N–H and O–H groups in total. The van der Waals surface area contributed by atoms with Crippen LogP contribution in [0.5, 0.6) is 0 Å². The summed E-state index contributed by atoms with van der Waals surface area (Å²) in [5, 5.41) is 3.05. The second-order valence-electron chi connectivity index (χ2n) is 9.74. The molecule has 1 spiro atoms. The molecule has 2 aliphatic rings. The number of rotatable bonds is 1. The second kappa shape index (κ2) is 6.90. The normalized spacial score (nSPS) is 19.4. The van der Waals surface area contributed by atoms with Crippen LogP contribution in [0.3, 0.4) is 0 Å². The Labute approximate surface area is 167 Å². The molecule has 6 heteroatoms. The Morgan fingerprint density at radius 2 is 1.64 bits per heavy atom. The van der Waals surface area contributed by atoms with Gasteiger partial charge in [-0.25, -0.2) is 4.79 Å². The van der Waals surface area contributed by atoms with Gasteiger partial charge in [0.05, 0.1) is 0 Å². The van der Waals surface area contributed by atoms with E-state index >= 15 is 0 Å². The number of nitrogens with one attached hydrogen (secondary N) is 1. The molecule has 1 saturated heterocycles. The third-order valence-corrected chi connectivity index (χ3v) is 5.15. The topological polar surface area (TPSA) is 71.0 Å². The average Bonchev–Trinajstić information content (AvgIpc) is 2.89. The number of benzene rings is 1. The van der Waals surface area contributed by atoms with Crippen molar-refractivity contribution in [3.8, 4) is 0 Å². The molecule has 1 aromatic rings. The van der Waals surface area contributed by atoms with Crippen molar-refractivity contribution >= 4 is 17.7 Å². The van der Waals surface area contributed by atoms with E-state index in [1.54, 1.807) is 4.90 Å². The van der Waals surface area contributed by atoms with Crippen molar-refractivity contribution in [1.82, 2.24) is 10.2 Å². The lowest BCUT2D eigenvalue weighted by molar-refractivity contribution is -0.115. The molecule has 0 saturated carbocycles. The number of hydrogen-bond acceptors (Lipinski definition) is 4. The van der Waals surface area contributed by atoms with Gasteiger partial charge in [-0.2, -0.15) is 0 Å². The number of ether oxygens (including phenoxy) is 1. The zero-order valence-corrected chi connectivity index (χ0v) is 17.8. The molecule has 28 heavy (non-hydrogen) atoms. The van der Waals surface area contributed by atoms with E-state index in [-0.39, 0.29) is 17.4 Å². The molecule has 6 nitrogen and oxygen atoms in total. The lowest BCUT2D eigenvalue weighted by Gasteiger charge is -2.37. The molecule has 0 aromatic heterocycles. The van der Waals surface area contributed by atoms with Crippen LogP contribution < -0.4 is 5.32 Å². The van der Waals surface area contributed by atoms with Gasteiger partial charge in [0.2, 0.25) is 0 Å². The van der Waals surface area contributed by atoms with Crippen LogP contribution in [-0.4, -0.2) is 47.0 Å². The van der Waals surface area contributed by atoms with E-state index in [0.29, 0.717) is 31.6 Å². The molecule has 152 valence electrons. The molecule has 0 unspecified atom stereocenters. The molecule has 3 rings (SSSR count). The van der Waals surface area contributed by atoms with Gasteiger partial charge in [-0.15, -0.1) is 0 Å². The van der Waals surface area contributed by atoms with Crippen LogP contribution in [0, 0.1) is 0 Å². The fourth-order valence-corrected chi connectivity index (χ4v) is 3.51. The predicted octanol–water partition coefficient (Wildman–Crippen LogP) is 3.63. The average molecular weight is 386 g/mol. The highest BCUT2D eigenvalue weighted by atomic mass is 16.6. The summed E-state index contributed by atoms with van der Waals surface area (Å²) in [7, 11) is 0. The van der Waals surface area contributed by atoms with Gasteiger partial charge in [-0.05, 0) is 31.7 Å². The van der Waals surface area contributed by atoms with Crippen LogP contribution in [0.2, 0.25) is 0 Å². The van der Waals surface area contributed by atoms with E-state index in [9.17, 15) is 9.59 Å². The lowest BCUT2D eigenvalue weighted by atomic mass is 9.86. The standard InChI is InChI=1S/C22H31N3O3/c1-20(2,3)16-9-7-15(8-10-16)17-18(26)24-22(23-17)11-13-25(14-12-22)19(27)28-21(4,5)6/h7-10H,11-14H2,1-6H3,(H,24,26). The molecule has 2 amide bonds. The lowest BCUT2D eigenvalue weighted by Crippen LogP contribution is -2.53. The summed E-state index contributed by atoms with van der Waals surface area (Å²) in [6.07, 6.45) is 0.858. The van der Waals surface area contributed by atoms with Crippen molar-refractivity contribution in [3.63, 3.8) is 0 Å². The first kappa shape index (κ1) is 20.4. The highest BCUT2D eigenvalue weighted by molar-refractivity contribution is 6.46. The first-order valence-electron chi connectivity index (χ1n) is 9.90. The Balaban J connectivity index is 1.71. The minimum absolute atomic E-state index is 0.0635. The number of likely N-dealkylation sites (tertiary alicyclic amines) is 1. The Kier molecular flexibility index (Phi) is 5.02. The zero-order chi connectivity index (χ0) is 20.7. The van der Waals surface area contributed by atoms with Gasteiger partial charge in [0.25, 0.3) is 5.91 Å². The summed E-state index contributed by atoms with van der Waals surface area (Å²) in [5.74, 6) is -0.144. The number of nitrogens with zero attached hydrogens (tertiary/aromatic N) is 2. The molecular weight excluding hydrogens is 354 g/mol. The number of hydrogen-bond donors (Lipinski definition) is 1. The summed E-state index contributed by atoms with van der Waals surface area (Å²) in [6, 6.07) is 8.05. The highest BCUT2D eigenvalue weighted by Gasteiger charge is 2.43. The van der Waals surface area contributed by atoms with E-state index in [1.807, 2.05) is 32.9 Å². The van der Waals surface area contributed by atoms with E-state index in [4.69, 9.17) is 9.73 Å². The maximum atomic E-state index is 12.6. The van der Waals surface area contributed by atoms with Crippen molar-refractivity contribution in [2.24, 2.45) is 4.99 Å². The van der Waals surface area contributed by atoms with Gasteiger partial charge < -0.3 is 15.0 Å². The molecule has 1 fully saturated rings. The molecule has 0 bridgehead atoms. The number of carbonyl (C=O) groups is 2. The summed E-state index contributed by atoms with van der Waals surface area (Å²) >= 11 is 0. The smallest absolute Gasteiger partial charge is 0.410 e. The maximum absolute atomic E-state index is 12.6. The Hall–Kier alpha value is -2.37. The first-order valence-corrected chi connectivity index (χ1v) is 9.90. The Morgan fingerprint density at radius 3 is 2.14 bits per heavy atom. The van der Waals surface area contributed by atoms with Crippen molar-refractivity contribution in [3.05, 3.63) is 35.4 Å². The summed E-state index contributed by atoms with van der Waals surface area (Å²) in [5.41, 5.74) is 1.46.